The molecule has 0 aliphatic carbocycles. The van der Waals surface area contributed by atoms with Gasteiger partial charge in [-0.2, -0.15) is 34.8 Å². The minimum absolute atomic E-state index is 0.00224. The molecule has 15 heteroatoms. The third-order valence-electron chi connectivity index (χ3n) is 7.39. The van der Waals surface area contributed by atoms with Crippen LogP contribution < -0.4 is 0 Å². The van der Waals surface area contributed by atoms with Crippen molar-refractivity contribution in [2.24, 2.45) is 0 Å². The van der Waals surface area contributed by atoms with Gasteiger partial charge in [0, 0.05) is 23.5 Å². The van der Waals surface area contributed by atoms with Crippen molar-refractivity contribution >= 4 is 50.8 Å². The summed E-state index contributed by atoms with van der Waals surface area (Å²) in [7, 11) is -4.17. The van der Waals surface area contributed by atoms with Gasteiger partial charge in [0.1, 0.15) is 0 Å². The Hall–Kier alpha value is -2.51. The van der Waals surface area contributed by atoms with Gasteiger partial charge in [-0.25, -0.2) is 0 Å². The Bertz CT molecular complexity index is 1600. The molecule has 1 saturated heterocycles. The predicted octanol–water partition coefficient (Wildman–Crippen LogP) is 8.58. The molecule has 1 amide bonds. The lowest BCUT2D eigenvalue weighted by molar-refractivity contribution is -0.143. The van der Waals surface area contributed by atoms with Gasteiger partial charge in [-0.3, -0.25) is 8.98 Å². The summed E-state index contributed by atoms with van der Waals surface area (Å²) in [5.41, 5.74) is -3.80. The average molecular weight is 703 g/mol. The molecule has 5 nitrogen and oxygen atoms in total. The van der Waals surface area contributed by atoms with Crippen LogP contribution in [0.1, 0.15) is 41.5 Å². The van der Waals surface area contributed by atoms with E-state index < -0.39 is 56.9 Å². The number of benzene rings is 3. The third-order valence-corrected chi connectivity index (χ3v) is 9.70. The van der Waals surface area contributed by atoms with E-state index >= 15 is 0 Å². The number of carbonyl (C=O) groups excluding carboxylic acids is 1. The summed E-state index contributed by atoms with van der Waals surface area (Å²) >= 11 is 18.2. The Kier molecular flexibility index (Phi) is 10.2. The third kappa shape index (κ3) is 8.20. The Morgan fingerprint density at radius 1 is 0.864 bits per heavy atom. The number of hydrogen-bond acceptors (Lipinski definition) is 4. The van der Waals surface area contributed by atoms with Crippen molar-refractivity contribution in [2.75, 3.05) is 19.7 Å². The van der Waals surface area contributed by atoms with Crippen LogP contribution >= 0.6 is 34.8 Å². The molecule has 1 heterocycles. The average Bonchev–Trinajstić information content (AvgIpc) is 2.93. The van der Waals surface area contributed by atoms with Crippen LogP contribution in [-0.4, -0.2) is 38.9 Å². The number of hydrogen-bond donors (Lipinski definition) is 0. The topological polar surface area (TPSA) is 63.7 Å². The molecular weight excluding hydrogens is 679 g/mol. The first kappa shape index (κ1) is 34.4. The van der Waals surface area contributed by atoms with E-state index in [0.717, 1.165) is 0 Å². The fourth-order valence-electron chi connectivity index (χ4n) is 5.18. The number of alkyl halides is 6. The van der Waals surface area contributed by atoms with Crippen LogP contribution in [0.15, 0.2) is 65.6 Å². The zero-order valence-electron chi connectivity index (χ0n) is 22.6. The monoisotopic (exact) mass is 701 g/mol. The summed E-state index contributed by atoms with van der Waals surface area (Å²) in [5.74, 6) is -0.698. The highest BCUT2D eigenvalue weighted by atomic mass is 35.5. The number of halogens is 9. The molecule has 0 spiro atoms. The van der Waals surface area contributed by atoms with Crippen LogP contribution in [0.5, 0.6) is 0 Å². The molecule has 4 rings (SSSR count). The maximum absolute atomic E-state index is 13.4. The zero-order valence-corrected chi connectivity index (χ0v) is 25.7. The molecule has 44 heavy (non-hydrogen) atoms. The summed E-state index contributed by atoms with van der Waals surface area (Å²) in [6.45, 7) is -0.161. The Morgan fingerprint density at radius 3 is 2.05 bits per heavy atom. The molecule has 0 bridgehead atoms. The quantitative estimate of drug-likeness (QED) is 0.174. The SMILES string of the molecule is O=C(Cc1cc(C(F)(F)F)cc(C(F)(F)F)c1)N1CCCC(CCOS(=O)(=O)c2ccc(Cl)cc2)(c2ccc(Cl)c(Cl)c2)C1. The molecule has 1 aliphatic heterocycles. The van der Waals surface area contributed by atoms with E-state index in [0.29, 0.717) is 35.6 Å². The van der Waals surface area contributed by atoms with Crippen LogP contribution in [0.25, 0.3) is 0 Å². The number of likely N-dealkylation sites (tertiary alicyclic amines) is 1. The predicted molar refractivity (Wildman–Crippen MR) is 153 cm³/mol. The molecule has 0 aromatic heterocycles. The molecule has 0 saturated carbocycles. The van der Waals surface area contributed by atoms with Crippen molar-refractivity contribution < 1.29 is 43.7 Å². The summed E-state index contributed by atoms with van der Waals surface area (Å²) < 4.78 is 111. The fraction of sp³-hybridized carbons (Fsp3) is 0.345. The van der Waals surface area contributed by atoms with Gasteiger partial charge in [-0.15, -0.1) is 0 Å². The smallest absolute Gasteiger partial charge is 0.342 e. The Morgan fingerprint density at radius 2 is 1.48 bits per heavy atom. The van der Waals surface area contributed by atoms with E-state index in [2.05, 4.69) is 0 Å². The van der Waals surface area contributed by atoms with Crippen LogP contribution in [0.4, 0.5) is 26.3 Å². The lowest BCUT2D eigenvalue weighted by Crippen LogP contribution is -2.49. The van der Waals surface area contributed by atoms with E-state index in [4.69, 9.17) is 39.0 Å². The second kappa shape index (κ2) is 13.1. The molecule has 238 valence electrons. The first-order valence-corrected chi connectivity index (χ1v) is 15.6. The highest BCUT2D eigenvalue weighted by molar-refractivity contribution is 7.86. The van der Waals surface area contributed by atoms with Gasteiger partial charge in [0.25, 0.3) is 10.1 Å². The highest BCUT2D eigenvalue weighted by Gasteiger charge is 2.40. The lowest BCUT2D eigenvalue weighted by Gasteiger charge is -2.43. The number of carbonyl (C=O) groups is 1. The number of rotatable bonds is 8. The second-order valence-electron chi connectivity index (χ2n) is 10.4. The standard InChI is InChI=1S/C29H24Cl3F6NO4S/c30-22-3-5-23(6-4-22)44(41,42)43-11-9-27(19-2-7-24(31)25(32)16-19)8-1-10-39(17-27)26(40)14-18-12-20(28(33,34)35)15-21(13-18)29(36,37)38/h2-7,12-13,15-16H,1,8-11,14,17H2. The van der Waals surface area contributed by atoms with Gasteiger partial charge in [0.2, 0.25) is 5.91 Å². The van der Waals surface area contributed by atoms with Gasteiger partial charge in [-0.05, 0) is 85.0 Å². The zero-order chi connectivity index (χ0) is 32.5. The van der Waals surface area contributed by atoms with Gasteiger partial charge in [0.05, 0.1) is 39.1 Å². The second-order valence-corrected chi connectivity index (χ2v) is 13.3. The van der Waals surface area contributed by atoms with Crippen molar-refractivity contribution in [3.05, 3.63) is 98.0 Å². The van der Waals surface area contributed by atoms with Crippen LogP contribution in [0.3, 0.4) is 0 Å². The van der Waals surface area contributed by atoms with Crippen molar-refractivity contribution in [3.8, 4) is 0 Å². The van der Waals surface area contributed by atoms with Crippen LogP contribution in [0, 0.1) is 0 Å². The Labute approximate surface area is 264 Å². The molecule has 1 atom stereocenters. The summed E-state index contributed by atoms with van der Waals surface area (Å²) in [6, 6.07) is 11.2. The van der Waals surface area contributed by atoms with Crippen molar-refractivity contribution in [2.45, 2.75) is 48.3 Å². The van der Waals surface area contributed by atoms with E-state index in [1.807, 2.05) is 0 Å². The van der Waals surface area contributed by atoms with Gasteiger partial charge < -0.3 is 4.90 Å². The Balaban J connectivity index is 1.60. The van der Waals surface area contributed by atoms with Crippen molar-refractivity contribution in [1.82, 2.24) is 4.90 Å². The van der Waals surface area contributed by atoms with Gasteiger partial charge >= 0.3 is 12.4 Å². The molecular formula is C29H24Cl3F6NO4S. The van der Waals surface area contributed by atoms with Crippen LogP contribution in [-0.2, 0) is 43.3 Å². The molecule has 3 aromatic carbocycles. The first-order chi connectivity index (χ1) is 20.4. The molecule has 1 fully saturated rings. The summed E-state index contributed by atoms with van der Waals surface area (Å²) in [5, 5.41) is 0.778. The van der Waals surface area contributed by atoms with E-state index in [1.165, 1.54) is 35.2 Å². The fourth-order valence-corrected chi connectivity index (χ4v) is 6.51. The van der Waals surface area contributed by atoms with Gasteiger partial charge in [0.15, 0.2) is 0 Å². The lowest BCUT2D eigenvalue weighted by atomic mass is 9.72. The van der Waals surface area contributed by atoms with Gasteiger partial charge in [-0.1, -0.05) is 40.9 Å². The molecule has 0 radical (unpaired) electrons. The number of piperidine rings is 1. The van der Waals surface area contributed by atoms with Crippen LogP contribution in [0.2, 0.25) is 15.1 Å². The van der Waals surface area contributed by atoms with Crippen molar-refractivity contribution in [3.63, 3.8) is 0 Å². The highest BCUT2D eigenvalue weighted by Crippen LogP contribution is 2.41. The minimum atomic E-state index is -5.06. The summed E-state index contributed by atoms with van der Waals surface area (Å²) in [4.78, 5) is 14.6. The maximum Gasteiger partial charge on any atom is 0.416 e. The van der Waals surface area contributed by atoms with E-state index in [9.17, 15) is 39.6 Å². The summed E-state index contributed by atoms with van der Waals surface area (Å²) in [6.07, 6.45) is -9.92. The molecule has 1 unspecified atom stereocenters. The van der Waals surface area contributed by atoms with E-state index in [-0.39, 0.29) is 47.1 Å². The number of nitrogens with zero attached hydrogens (tertiary/aromatic N) is 1. The first-order valence-electron chi connectivity index (χ1n) is 13.1. The normalized spacial score (nSPS) is 18.0. The molecule has 1 aliphatic rings. The molecule has 3 aromatic rings. The minimum Gasteiger partial charge on any atom is -0.342 e. The number of amides is 1. The van der Waals surface area contributed by atoms with Crippen molar-refractivity contribution in [1.29, 1.82) is 0 Å². The van der Waals surface area contributed by atoms with E-state index in [1.54, 1.807) is 12.1 Å². The maximum atomic E-state index is 13.4. The molecule has 0 N–H and O–H groups in total. The largest absolute Gasteiger partial charge is 0.416 e.